The van der Waals surface area contributed by atoms with E-state index >= 15 is 0 Å². The molecule has 0 radical (unpaired) electrons. The van der Waals surface area contributed by atoms with Crippen LogP contribution in [0.2, 0.25) is 0 Å². The maximum absolute atomic E-state index is 13.3. The molecule has 1 aromatic carbocycles. The predicted octanol–water partition coefficient (Wildman–Crippen LogP) is 2.85. The number of likely N-dealkylation sites (tertiary alicyclic amines) is 1. The van der Waals surface area contributed by atoms with E-state index in [-0.39, 0.29) is 11.7 Å². The summed E-state index contributed by atoms with van der Waals surface area (Å²) in [6, 6.07) is 6.47. The van der Waals surface area contributed by atoms with Crippen molar-refractivity contribution < 1.29 is 13.9 Å². The van der Waals surface area contributed by atoms with Gasteiger partial charge in [-0.1, -0.05) is 12.1 Å². The van der Waals surface area contributed by atoms with Crippen LogP contribution in [-0.2, 0) is 4.79 Å². The molecule has 4 heteroatoms. The number of rotatable bonds is 4. The van der Waals surface area contributed by atoms with E-state index in [0.29, 0.717) is 18.3 Å². The molecule has 104 valence electrons. The summed E-state index contributed by atoms with van der Waals surface area (Å²) < 4.78 is 18.8. The Kier molecular flexibility index (Phi) is 4.77. The molecular formula is C15H20FNO2. The van der Waals surface area contributed by atoms with Gasteiger partial charge in [-0.15, -0.1) is 0 Å². The molecule has 0 bridgehead atoms. The van der Waals surface area contributed by atoms with Gasteiger partial charge in [0.15, 0.2) is 11.6 Å². The normalized spacial score (nSPS) is 16.4. The number of halogens is 1. The summed E-state index contributed by atoms with van der Waals surface area (Å²) in [6.07, 6.45) is 2.94. The van der Waals surface area contributed by atoms with Crippen molar-refractivity contribution in [2.75, 3.05) is 19.7 Å². The standard InChI is InChI=1S/C15H20FNO2/c1-12(18)17-9-6-13(7-10-17)8-11-19-15-5-3-2-4-14(15)16/h2-5,13H,6-11H2,1H3. The van der Waals surface area contributed by atoms with E-state index in [9.17, 15) is 9.18 Å². The molecule has 1 saturated heterocycles. The minimum absolute atomic E-state index is 0.154. The van der Waals surface area contributed by atoms with E-state index in [1.807, 2.05) is 4.90 Å². The smallest absolute Gasteiger partial charge is 0.219 e. The first kappa shape index (κ1) is 13.8. The highest BCUT2D eigenvalue weighted by Gasteiger charge is 2.20. The van der Waals surface area contributed by atoms with Crippen LogP contribution >= 0.6 is 0 Å². The first-order chi connectivity index (χ1) is 9.16. The highest BCUT2D eigenvalue weighted by Crippen LogP contribution is 2.22. The monoisotopic (exact) mass is 265 g/mol. The lowest BCUT2D eigenvalue weighted by Crippen LogP contribution is -2.37. The van der Waals surface area contributed by atoms with Crippen molar-refractivity contribution in [3.8, 4) is 5.75 Å². The molecule has 1 amide bonds. The number of nitrogens with zero attached hydrogens (tertiary/aromatic N) is 1. The Bertz CT molecular complexity index is 428. The molecule has 0 aliphatic carbocycles. The maximum Gasteiger partial charge on any atom is 0.219 e. The molecule has 2 rings (SSSR count). The second kappa shape index (κ2) is 6.55. The van der Waals surface area contributed by atoms with Crippen molar-refractivity contribution in [1.82, 2.24) is 4.90 Å². The van der Waals surface area contributed by atoms with Crippen LogP contribution in [0.5, 0.6) is 5.75 Å². The van der Waals surface area contributed by atoms with Gasteiger partial charge in [-0.2, -0.15) is 0 Å². The quantitative estimate of drug-likeness (QED) is 0.837. The van der Waals surface area contributed by atoms with Gasteiger partial charge in [0.25, 0.3) is 0 Å². The van der Waals surface area contributed by atoms with Gasteiger partial charge in [0.2, 0.25) is 5.91 Å². The van der Waals surface area contributed by atoms with E-state index in [4.69, 9.17) is 4.74 Å². The highest BCUT2D eigenvalue weighted by molar-refractivity contribution is 5.73. The molecule has 0 aromatic heterocycles. The molecule has 1 aromatic rings. The van der Waals surface area contributed by atoms with Gasteiger partial charge in [0.1, 0.15) is 0 Å². The lowest BCUT2D eigenvalue weighted by atomic mass is 9.94. The Balaban J connectivity index is 1.70. The van der Waals surface area contributed by atoms with Crippen molar-refractivity contribution in [2.45, 2.75) is 26.2 Å². The van der Waals surface area contributed by atoms with Crippen molar-refractivity contribution in [2.24, 2.45) is 5.92 Å². The number of ether oxygens (including phenoxy) is 1. The number of amides is 1. The third-order valence-corrected chi connectivity index (χ3v) is 3.68. The highest BCUT2D eigenvalue weighted by atomic mass is 19.1. The lowest BCUT2D eigenvalue weighted by molar-refractivity contribution is -0.130. The largest absolute Gasteiger partial charge is 0.491 e. The van der Waals surface area contributed by atoms with Crippen LogP contribution in [0.15, 0.2) is 24.3 Å². The molecule has 0 unspecified atom stereocenters. The van der Waals surface area contributed by atoms with Gasteiger partial charge in [-0.3, -0.25) is 4.79 Å². The fourth-order valence-electron chi connectivity index (χ4n) is 2.43. The van der Waals surface area contributed by atoms with E-state index < -0.39 is 0 Å². The van der Waals surface area contributed by atoms with Gasteiger partial charge in [0.05, 0.1) is 6.61 Å². The molecule has 3 nitrogen and oxygen atoms in total. The van der Waals surface area contributed by atoms with Crippen molar-refractivity contribution >= 4 is 5.91 Å². The summed E-state index contributed by atoms with van der Waals surface area (Å²) in [5.74, 6) is 0.737. The molecule has 1 aliphatic rings. The van der Waals surface area contributed by atoms with Crippen molar-refractivity contribution in [3.63, 3.8) is 0 Å². The summed E-state index contributed by atoms with van der Waals surface area (Å²) in [4.78, 5) is 13.1. The number of carbonyl (C=O) groups excluding carboxylic acids is 1. The Morgan fingerprint density at radius 1 is 1.37 bits per heavy atom. The first-order valence-corrected chi connectivity index (χ1v) is 6.79. The first-order valence-electron chi connectivity index (χ1n) is 6.79. The third kappa shape index (κ3) is 3.94. The summed E-state index contributed by atoms with van der Waals surface area (Å²) in [7, 11) is 0. The van der Waals surface area contributed by atoms with Crippen LogP contribution in [0.25, 0.3) is 0 Å². The summed E-state index contributed by atoms with van der Waals surface area (Å²) in [6.45, 7) is 3.81. The average Bonchev–Trinajstić information content (AvgIpc) is 2.41. The SMILES string of the molecule is CC(=O)N1CCC(CCOc2ccccc2F)CC1. The van der Waals surface area contributed by atoms with E-state index in [1.54, 1.807) is 25.1 Å². The average molecular weight is 265 g/mol. The summed E-state index contributed by atoms with van der Waals surface area (Å²) in [5, 5.41) is 0. The van der Waals surface area contributed by atoms with Gasteiger partial charge in [-0.05, 0) is 37.3 Å². The fourth-order valence-corrected chi connectivity index (χ4v) is 2.43. The van der Waals surface area contributed by atoms with E-state index in [0.717, 1.165) is 32.4 Å². The van der Waals surface area contributed by atoms with Crippen LogP contribution in [0.3, 0.4) is 0 Å². The minimum Gasteiger partial charge on any atom is -0.491 e. The Hall–Kier alpha value is -1.58. The number of piperidine rings is 1. The molecule has 0 spiro atoms. The Morgan fingerprint density at radius 3 is 2.68 bits per heavy atom. The topological polar surface area (TPSA) is 29.5 Å². The van der Waals surface area contributed by atoms with Gasteiger partial charge < -0.3 is 9.64 Å². The minimum atomic E-state index is -0.311. The summed E-state index contributed by atoms with van der Waals surface area (Å²) >= 11 is 0. The van der Waals surface area contributed by atoms with Gasteiger partial charge >= 0.3 is 0 Å². The Morgan fingerprint density at radius 2 is 2.05 bits per heavy atom. The molecule has 0 N–H and O–H groups in total. The van der Waals surface area contributed by atoms with Crippen molar-refractivity contribution in [1.29, 1.82) is 0 Å². The zero-order valence-electron chi connectivity index (χ0n) is 11.3. The fraction of sp³-hybridized carbons (Fsp3) is 0.533. The van der Waals surface area contributed by atoms with Crippen LogP contribution in [0, 0.1) is 11.7 Å². The second-order valence-corrected chi connectivity index (χ2v) is 5.02. The zero-order valence-corrected chi connectivity index (χ0v) is 11.3. The zero-order chi connectivity index (χ0) is 13.7. The van der Waals surface area contributed by atoms with Gasteiger partial charge in [0, 0.05) is 20.0 Å². The molecule has 1 aliphatic heterocycles. The number of carbonyl (C=O) groups is 1. The van der Waals surface area contributed by atoms with Crippen molar-refractivity contribution in [3.05, 3.63) is 30.1 Å². The number of benzene rings is 1. The van der Waals surface area contributed by atoms with Crippen LogP contribution in [0.1, 0.15) is 26.2 Å². The molecular weight excluding hydrogens is 245 g/mol. The predicted molar refractivity (Wildman–Crippen MR) is 71.5 cm³/mol. The second-order valence-electron chi connectivity index (χ2n) is 5.02. The maximum atomic E-state index is 13.3. The van der Waals surface area contributed by atoms with E-state index in [2.05, 4.69) is 0 Å². The van der Waals surface area contributed by atoms with Gasteiger partial charge in [-0.25, -0.2) is 4.39 Å². The number of hydrogen-bond donors (Lipinski definition) is 0. The summed E-state index contributed by atoms with van der Waals surface area (Å²) in [5.41, 5.74) is 0. The number of para-hydroxylation sites is 1. The third-order valence-electron chi connectivity index (χ3n) is 3.68. The molecule has 19 heavy (non-hydrogen) atoms. The molecule has 0 saturated carbocycles. The molecule has 1 fully saturated rings. The Labute approximate surface area is 113 Å². The van der Waals surface area contributed by atoms with E-state index in [1.165, 1.54) is 6.07 Å². The van der Waals surface area contributed by atoms with Crippen LogP contribution in [-0.4, -0.2) is 30.5 Å². The van der Waals surface area contributed by atoms with Crippen LogP contribution < -0.4 is 4.74 Å². The molecule has 0 atom stereocenters. The number of hydrogen-bond acceptors (Lipinski definition) is 2. The molecule has 1 heterocycles. The van der Waals surface area contributed by atoms with Crippen LogP contribution in [0.4, 0.5) is 4.39 Å². The lowest BCUT2D eigenvalue weighted by Gasteiger charge is -2.31.